The molecule has 1 atom stereocenters. The lowest BCUT2D eigenvalue weighted by Gasteiger charge is -2.41. The predicted molar refractivity (Wildman–Crippen MR) is 110 cm³/mol. The zero-order valence-electron chi connectivity index (χ0n) is 16.8. The van der Waals surface area contributed by atoms with Gasteiger partial charge in [0.15, 0.2) is 0 Å². The van der Waals surface area contributed by atoms with Gasteiger partial charge in [0.25, 0.3) is 0 Å². The van der Waals surface area contributed by atoms with E-state index in [4.69, 9.17) is 0 Å². The third kappa shape index (κ3) is 5.41. The highest BCUT2D eigenvalue weighted by atomic mass is 16.3. The second-order valence-electron chi connectivity index (χ2n) is 7.65. The molecule has 0 spiro atoms. The molecule has 0 radical (unpaired) electrons. The Kier molecular flexibility index (Phi) is 7.44. The second kappa shape index (κ2) is 10.0. The molecule has 2 aromatic rings. The lowest BCUT2D eigenvalue weighted by atomic mass is 10.1. The van der Waals surface area contributed by atoms with Crippen LogP contribution in [0.25, 0.3) is 0 Å². The van der Waals surface area contributed by atoms with Gasteiger partial charge in [-0.1, -0.05) is 37.3 Å². The van der Waals surface area contributed by atoms with Crippen molar-refractivity contribution in [3.05, 3.63) is 53.3 Å². The predicted octanol–water partition coefficient (Wildman–Crippen LogP) is 2.71. The van der Waals surface area contributed by atoms with E-state index in [-0.39, 0.29) is 6.61 Å². The average molecular weight is 371 g/mol. The maximum atomic E-state index is 9.55. The highest BCUT2D eigenvalue weighted by molar-refractivity contribution is 5.17. The van der Waals surface area contributed by atoms with Crippen LogP contribution in [0.2, 0.25) is 0 Å². The highest BCUT2D eigenvalue weighted by Gasteiger charge is 2.26. The van der Waals surface area contributed by atoms with E-state index in [9.17, 15) is 5.11 Å². The van der Waals surface area contributed by atoms with E-state index >= 15 is 0 Å². The van der Waals surface area contributed by atoms with E-state index in [2.05, 4.69) is 63.8 Å². The molecule has 27 heavy (non-hydrogen) atoms. The van der Waals surface area contributed by atoms with Crippen LogP contribution in [-0.4, -0.2) is 63.5 Å². The van der Waals surface area contributed by atoms with Gasteiger partial charge in [-0.25, -0.2) is 0 Å². The summed E-state index contributed by atoms with van der Waals surface area (Å²) in [5, 5.41) is 14.1. The normalized spacial score (nSPS) is 18.9. The summed E-state index contributed by atoms with van der Waals surface area (Å²) < 4.78 is 2.12. The zero-order valence-corrected chi connectivity index (χ0v) is 16.8. The van der Waals surface area contributed by atoms with Crippen molar-refractivity contribution in [2.75, 3.05) is 32.8 Å². The molecule has 1 fully saturated rings. The third-order valence-corrected chi connectivity index (χ3v) is 5.72. The van der Waals surface area contributed by atoms with E-state index in [0.717, 1.165) is 58.5 Å². The van der Waals surface area contributed by atoms with Crippen LogP contribution in [0.15, 0.2) is 36.5 Å². The summed E-state index contributed by atoms with van der Waals surface area (Å²) >= 11 is 0. The van der Waals surface area contributed by atoms with E-state index in [1.807, 2.05) is 6.20 Å². The smallest absolute Gasteiger partial charge is 0.0537 e. The molecule has 2 heterocycles. The van der Waals surface area contributed by atoms with Gasteiger partial charge in [0.05, 0.1) is 6.20 Å². The number of aliphatic hydroxyl groups excluding tert-OH is 1. The summed E-state index contributed by atoms with van der Waals surface area (Å²) in [6, 6.07) is 11.1. The molecular weight excluding hydrogens is 336 g/mol. The van der Waals surface area contributed by atoms with E-state index < -0.39 is 0 Å². The number of rotatable bonds is 9. The number of benzene rings is 1. The minimum Gasteiger partial charge on any atom is -0.396 e. The Morgan fingerprint density at radius 3 is 2.70 bits per heavy atom. The SMILES string of the molecule is CCCn1ncc(CN2CCN(CCc3ccccc3)[C@H](CCO)C2)c1C. The Morgan fingerprint density at radius 2 is 1.96 bits per heavy atom. The van der Waals surface area contributed by atoms with Crippen molar-refractivity contribution in [1.29, 1.82) is 0 Å². The first-order chi connectivity index (χ1) is 13.2. The van der Waals surface area contributed by atoms with Crippen LogP contribution in [0.3, 0.4) is 0 Å². The Bertz CT molecular complexity index is 685. The van der Waals surface area contributed by atoms with Crippen LogP contribution in [0, 0.1) is 6.92 Å². The summed E-state index contributed by atoms with van der Waals surface area (Å²) in [6.45, 7) is 10.8. The van der Waals surface area contributed by atoms with Crippen molar-refractivity contribution in [3.63, 3.8) is 0 Å². The Labute approximate surface area is 163 Å². The van der Waals surface area contributed by atoms with E-state index in [1.54, 1.807) is 0 Å². The molecule has 0 unspecified atom stereocenters. The van der Waals surface area contributed by atoms with Crippen molar-refractivity contribution in [2.45, 2.75) is 52.2 Å². The van der Waals surface area contributed by atoms with Crippen LogP contribution in [-0.2, 0) is 19.5 Å². The fourth-order valence-electron chi connectivity index (χ4n) is 4.05. The molecule has 0 aliphatic carbocycles. The first kappa shape index (κ1) is 20.1. The van der Waals surface area contributed by atoms with Gasteiger partial charge in [0, 0.05) is 63.2 Å². The molecule has 5 heteroatoms. The maximum absolute atomic E-state index is 9.55. The minimum absolute atomic E-state index is 0.258. The molecule has 1 aliphatic rings. The summed E-state index contributed by atoms with van der Waals surface area (Å²) in [5.41, 5.74) is 4.02. The number of nitrogens with zero attached hydrogens (tertiary/aromatic N) is 4. The monoisotopic (exact) mass is 370 g/mol. The second-order valence-corrected chi connectivity index (χ2v) is 7.65. The quantitative estimate of drug-likeness (QED) is 0.737. The Balaban J connectivity index is 1.56. The molecule has 5 nitrogen and oxygen atoms in total. The highest BCUT2D eigenvalue weighted by Crippen LogP contribution is 2.18. The van der Waals surface area contributed by atoms with Gasteiger partial charge in [-0.05, 0) is 31.7 Å². The number of aromatic nitrogens is 2. The van der Waals surface area contributed by atoms with Crippen molar-refractivity contribution >= 4 is 0 Å². The van der Waals surface area contributed by atoms with Gasteiger partial charge in [-0.3, -0.25) is 14.5 Å². The number of piperazine rings is 1. The van der Waals surface area contributed by atoms with Crippen LogP contribution < -0.4 is 0 Å². The summed E-state index contributed by atoms with van der Waals surface area (Å²) in [4.78, 5) is 5.09. The minimum atomic E-state index is 0.258. The standard InChI is InChI=1S/C22H34N4O/c1-3-11-26-19(2)21(16-23-26)17-24-13-14-25(22(18-24)10-15-27)12-9-20-7-5-4-6-8-20/h4-8,16,22,27H,3,9-15,17-18H2,1-2H3/t22-/m1/s1. The van der Waals surface area contributed by atoms with Crippen molar-refractivity contribution in [1.82, 2.24) is 19.6 Å². The summed E-state index contributed by atoms with van der Waals surface area (Å²) in [5.74, 6) is 0. The van der Waals surface area contributed by atoms with Gasteiger partial charge in [-0.2, -0.15) is 5.10 Å². The molecule has 1 saturated heterocycles. The van der Waals surface area contributed by atoms with Gasteiger partial charge >= 0.3 is 0 Å². The number of hydrogen-bond donors (Lipinski definition) is 1. The zero-order chi connectivity index (χ0) is 19.1. The topological polar surface area (TPSA) is 44.5 Å². The molecule has 148 valence electrons. The fourth-order valence-corrected chi connectivity index (χ4v) is 4.05. The largest absolute Gasteiger partial charge is 0.396 e. The summed E-state index contributed by atoms with van der Waals surface area (Å²) in [6.07, 6.45) is 5.07. The van der Waals surface area contributed by atoms with Gasteiger partial charge in [0.1, 0.15) is 0 Å². The van der Waals surface area contributed by atoms with E-state index in [1.165, 1.54) is 16.8 Å². The molecule has 1 aromatic heterocycles. The van der Waals surface area contributed by atoms with Crippen molar-refractivity contribution < 1.29 is 5.11 Å². The molecule has 3 rings (SSSR count). The molecule has 0 amide bonds. The van der Waals surface area contributed by atoms with Crippen LogP contribution in [0.5, 0.6) is 0 Å². The third-order valence-electron chi connectivity index (χ3n) is 5.72. The first-order valence-electron chi connectivity index (χ1n) is 10.3. The maximum Gasteiger partial charge on any atom is 0.0537 e. The molecule has 1 aliphatic heterocycles. The number of hydrogen-bond acceptors (Lipinski definition) is 4. The first-order valence-corrected chi connectivity index (χ1v) is 10.3. The van der Waals surface area contributed by atoms with Crippen molar-refractivity contribution in [3.8, 4) is 0 Å². The number of aryl methyl sites for hydroxylation is 1. The molecule has 1 N–H and O–H groups in total. The average Bonchev–Trinajstić information content (AvgIpc) is 3.02. The Morgan fingerprint density at radius 1 is 1.15 bits per heavy atom. The lowest BCUT2D eigenvalue weighted by molar-refractivity contribution is 0.0561. The van der Waals surface area contributed by atoms with Gasteiger partial charge < -0.3 is 5.11 Å². The summed E-state index contributed by atoms with van der Waals surface area (Å²) in [7, 11) is 0. The van der Waals surface area contributed by atoms with Crippen molar-refractivity contribution in [2.24, 2.45) is 0 Å². The van der Waals surface area contributed by atoms with Gasteiger partial charge in [0.2, 0.25) is 0 Å². The van der Waals surface area contributed by atoms with Crippen LogP contribution >= 0.6 is 0 Å². The van der Waals surface area contributed by atoms with Gasteiger partial charge in [-0.15, -0.1) is 0 Å². The fraction of sp³-hybridized carbons (Fsp3) is 0.591. The number of aliphatic hydroxyl groups is 1. The molecule has 0 saturated carbocycles. The Hall–Kier alpha value is -1.69. The molecule has 0 bridgehead atoms. The van der Waals surface area contributed by atoms with Crippen LogP contribution in [0.1, 0.15) is 36.6 Å². The molecular formula is C22H34N4O. The van der Waals surface area contributed by atoms with Crippen LogP contribution in [0.4, 0.5) is 0 Å². The van der Waals surface area contributed by atoms with E-state index in [0.29, 0.717) is 6.04 Å². The molecule has 1 aromatic carbocycles. The lowest BCUT2D eigenvalue weighted by Crippen LogP contribution is -2.53.